The van der Waals surface area contributed by atoms with Crippen LogP contribution in [0.5, 0.6) is 5.75 Å². The van der Waals surface area contributed by atoms with Gasteiger partial charge in [-0.3, -0.25) is 25.0 Å². The summed E-state index contributed by atoms with van der Waals surface area (Å²) in [5.74, 6) is -3.43. The number of halogens is 2. The monoisotopic (exact) mass is 719 g/mol. The van der Waals surface area contributed by atoms with Gasteiger partial charge in [0.1, 0.15) is 24.0 Å². The molecule has 0 unspecified atom stereocenters. The Morgan fingerprint density at radius 3 is 1.83 bits per heavy atom. The molecule has 0 N–H and O–H groups in total. The normalized spacial score (nSPS) is 15.3. The molecule has 5 aromatic rings. The van der Waals surface area contributed by atoms with E-state index < -0.39 is 45.4 Å². The van der Waals surface area contributed by atoms with Crippen LogP contribution in [0.25, 0.3) is 5.57 Å². The Morgan fingerprint density at radius 2 is 1.26 bits per heavy atom. The Hall–Kier alpha value is -7.09. The number of nitrogens with zero attached hydrogens (tertiary/aromatic N) is 3. The van der Waals surface area contributed by atoms with Gasteiger partial charge < -0.3 is 14.4 Å². The molecule has 1 aliphatic heterocycles. The number of β-lactam (4-membered cyclic amide) rings is 1. The average Bonchev–Trinajstić information content (AvgIpc) is 3.16. The Labute approximate surface area is 299 Å². The lowest BCUT2D eigenvalue weighted by Gasteiger charge is -2.47. The molecule has 14 heteroatoms. The first-order chi connectivity index (χ1) is 25.5. The van der Waals surface area contributed by atoms with E-state index in [0.29, 0.717) is 22.4 Å². The van der Waals surface area contributed by atoms with Gasteiger partial charge in [0.05, 0.1) is 32.9 Å². The fourth-order valence-electron chi connectivity index (χ4n) is 5.86. The number of allylic oxidation sites excluding steroid dienone is 1. The summed E-state index contributed by atoms with van der Waals surface area (Å²) in [4.78, 5) is 61.8. The molecule has 2 atom stereocenters. The molecule has 0 bridgehead atoms. The Kier molecular flexibility index (Phi) is 10.4. The SMILES string of the molecule is O=C(OC/C(=C\C[C@H]1C(=O)N(c2ccc(F)cc2)[C@@H]1c1ccc(OC(=O)c2cccc([N+](=O)[O-])c2)cc1)c1ccc(F)cc1)c1cccc([N+](=O)[O-])c1. The van der Waals surface area contributed by atoms with E-state index in [-0.39, 0.29) is 47.2 Å². The van der Waals surface area contributed by atoms with Gasteiger partial charge in [-0.2, -0.15) is 0 Å². The third-order valence-corrected chi connectivity index (χ3v) is 8.53. The molecule has 1 aliphatic rings. The zero-order valence-electron chi connectivity index (χ0n) is 27.5. The summed E-state index contributed by atoms with van der Waals surface area (Å²) in [5, 5.41) is 22.3. The summed E-state index contributed by atoms with van der Waals surface area (Å²) in [6.45, 7) is -0.301. The highest BCUT2D eigenvalue weighted by Gasteiger charge is 2.48. The van der Waals surface area contributed by atoms with Crippen LogP contribution < -0.4 is 9.64 Å². The van der Waals surface area contributed by atoms with Gasteiger partial charge >= 0.3 is 11.9 Å². The molecular weight excluding hydrogens is 692 g/mol. The van der Waals surface area contributed by atoms with Crippen LogP contribution in [-0.4, -0.2) is 34.3 Å². The highest BCUT2D eigenvalue weighted by molar-refractivity contribution is 6.03. The topological polar surface area (TPSA) is 159 Å². The number of nitro groups is 2. The number of benzene rings is 5. The molecule has 0 aromatic heterocycles. The summed E-state index contributed by atoms with van der Waals surface area (Å²) >= 11 is 0. The number of anilines is 1. The van der Waals surface area contributed by atoms with Crippen LogP contribution in [0, 0.1) is 37.8 Å². The predicted molar refractivity (Wildman–Crippen MR) is 187 cm³/mol. The molecule has 0 radical (unpaired) electrons. The minimum Gasteiger partial charge on any atom is -0.457 e. The van der Waals surface area contributed by atoms with Gasteiger partial charge in [-0.25, -0.2) is 18.4 Å². The first kappa shape index (κ1) is 35.7. The molecule has 1 fully saturated rings. The van der Waals surface area contributed by atoms with Crippen molar-refractivity contribution in [1.29, 1.82) is 0 Å². The molecule has 1 heterocycles. The molecule has 0 aliphatic carbocycles. The van der Waals surface area contributed by atoms with Gasteiger partial charge in [0.2, 0.25) is 5.91 Å². The molecule has 266 valence electrons. The molecule has 53 heavy (non-hydrogen) atoms. The Bertz CT molecular complexity index is 2240. The van der Waals surface area contributed by atoms with Crippen molar-refractivity contribution in [3.05, 3.63) is 182 Å². The number of non-ortho nitro benzene ring substituents is 2. The fraction of sp³-hybridized carbons (Fsp3) is 0.103. The van der Waals surface area contributed by atoms with Gasteiger partial charge in [0.15, 0.2) is 0 Å². The molecule has 0 spiro atoms. The van der Waals surface area contributed by atoms with E-state index >= 15 is 0 Å². The van der Waals surface area contributed by atoms with Crippen molar-refractivity contribution in [2.24, 2.45) is 5.92 Å². The van der Waals surface area contributed by atoms with Crippen LogP contribution in [0.2, 0.25) is 0 Å². The average molecular weight is 720 g/mol. The zero-order valence-corrected chi connectivity index (χ0v) is 27.5. The quantitative estimate of drug-likeness (QED) is 0.0409. The summed E-state index contributed by atoms with van der Waals surface area (Å²) in [7, 11) is 0. The Morgan fingerprint density at radius 1 is 0.717 bits per heavy atom. The maximum Gasteiger partial charge on any atom is 0.343 e. The number of carbonyl (C=O) groups excluding carboxylic acids is 3. The van der Waals surface area contributed by atoms with Crippen molar-refractivity contribution in [1.82, 2.24) is 0 Å². The lowest BCUT2D eigenvalue weighted by Crippen LogP contribution is -2.55. The van der Waals surface area contributed by atoms with Gasteiger partial charge in [-0.05, 0) is 83.8 Å². The smallest absolute Gasteiger partial charge is 0.343 e. The van der Waals surface area contributed by atoms with Crippen LogP contribution in [-0.2, 0) is 9.53 Å². The number of hydrogen-bond acceptors (Lipinski definition) is 9. The van der Waals surface area contributed by atoms with E-state index in [1.54, 1.807) is 18.2 Å². The van der Waals surface area contributed by atoms with Gasteiger partial charge in [-0.1, -0.05) is 42.5 Å². The van der Waals surface area contributed by atoms with Crippen LogP contribution >= 0.6 is 0 Å². The number of carbonyl (C=O) groups is 3. The van der Waals surface area contributed by atoms with E-state index in [2.05, 4.69) is 0 Å². The van der Waals surface area contributed by atoms with E-state index in [1.165, 1.54) is 102 Å². The van der Waals surface area contributed by atoms with E-state index in [9.17, 15) is 43.4 Å². The van der Waals surface area contributed by atoms with Crippen LogP contribution in [0.15, 0.2) is 127 Å². The highest BCUT2D eigenvalue weighted by Crippen LogP contribution is 2.46. The first-order valence-corrected chi connectivity index (χ1v) is 16.0. The van der Waals surface area contributed by atoms with E-state index in [4.69, 9.17) is 9.47 Å². The van der Waals surface area contributed by atoms with Gasteiger partial charge in [0, 0.05) is 30.0 Å². The largest absolute Gasteiger partial charge is 0.457 e. The summed E-state index contributed by atoms with van der Waals surface area (Å²) in [6, 6.07) is 26.8. The van der Waals surface area contributed by atoms with Crippen molar-refractivity contribution >= 4 is 40.5 Å². The Balaban J connectivity index is 1.25. The van der Waals surface area contributed by atoms with Crippen LogP contribution in [0.4, 0.5) is 25.8 Å². The summed E-state index contributed by atoms with van der Waals surface area (Å²) in [5.41, 5.74) is 1.41. The fourth-order valence-corrected chi connectivity index (χ4v) is 5.86. The molecule has 5 aromatic carbocycles. The maximum atomic E-state index is 13.8. The second-order valence-corrected chi connectivity index (χ2v) is 11.9. The number of esters is 2. The number of hydrogen-bond donors (Lipinski definition) is 0. The predicted octanol–water partition coefficient (Wildman–Crippen LogP) is 8.04. The van der Waals surface area contributed by atoms with E-state index in [1.807, 2.05) is 0 Å². The molecule has 6 rings (SSSR count). The second kappa shape index (κ2) is 15.4. The maximum absolute atomic E-state index is 13.8. The minimum atomic E-state index is -0.826. The van der Waals surface area contributed by atoms with Crippen molar-refractivity contribution in [2.75, 3.05) is 11.5 Å². The lowest BCUT2D eigenvalue weighted by atomic mass is 9.79. The van der Waals surface area contributed by atoms with Crippen molar-refractivity contribution < 1.29 is 42.5 Å². The number of nitro benzene ring substituents is 2. The highest BCUT2D eigenvalue weighted by atomic mass is 19.1. The molecule has 12 nitrogen and oxygen atoms in total. The molecule has 1 amide bonds. The van der Waals surface area contributed by atoms with Gasteiger partial charge in [0.25, 0.3) is 11.4 Å². The van der Waals surface area contributed by atoms with Crippen molar-refractivity contribution in [3.63, 3.8) is 0 Å². The number of amides is 1. The van der Waals surface area contributed by atoms with Gasteiger partial charge in [-0.15, -0.1) is 0 Å². The standard InChI is InChI=1S/C39H27F2N3O9/c40-29-12-7-24(8-13-29)28(23-52-38(46)26-3-1-5-32(21-26)43(48)49)11-20-35-36(42(37(35)45)31-16-14-30(41)15-17-31)25-9-18-34(19-10-25)53-39(47)27-4-2-6-33(22-27)44(50)51/h1-19,21-22,35-36H,20,23H2/b28-11+/t35-,36-/m1/s1. The third kappa shape index (κ3) is 8.12. The van der Waals surface area contributed by atoms with Crippen LogP contribution in [0.3, 0.4) is 0 Å². The van der Waals surface area contributed by atoms with Crippen LogP contribution in [0.1, 0.15) is 44.3 Å². The molecular formula is C39H27F2N3O9. The van der Waals surface area contributed by atoms with E-state index in [0.717, 1.165) is 12.1 Å². The summed E-state index contributed by atoms with van der Waals surface area (Å²) < 4.78 is 38.6. The second-order valence-electron chi connectivity index (χ2n) is 11.9. The van der Waals surface area contributed by atoms with Crippen molar-refractivity contribution in [3.8, 4) is 5.75 Å². The lowest BCUT2D eigenvalue weighted by molar-refractivity contribution is -0.385. The first-order valence-electron chi connectivity index (χ1n) is 16.0. The summed E-state index contributed by atoms with van der Waals surface area (Å²) in [6.07, 6.45) is 1.83. The minimum absolute atomic E-state index is 0.0186. The van der Waals surface area contributed by atoms with Crippen molar-refractivity contribution in [2.45, 2.75) is 12.5 Å². The zero-order chi connectivity index (χ0) is 37.6. The third-order valence-electron chi connectivity index (χ3n) is 8.53. The number of rotatable bonds is 12. The molecule has 0 saturated carbocycles. The number of ether oxygens (including phenoxy) is 2. The molecule has 1 saturated heterocycles.